The van der Waals surface area contributed by atoms with E-state index in [-0.39, 0.29) is 5.41 Å². The molecule has 0 N–H and O–H groups in total. The maximum atomic E-state index is 6.15. The summed E-state index contributed by atoms with van der Waals surface area (Å²) in [6.45, 7) is 8.78. The van der Waals surface area contributed by atoms with Gasteiger partial charge in [0.15, 0.2) is 0 Å². The molecule has 0 spiro atoms. The Labute approximate surface area is 351 Å². The van der Waals surface area contributed by atoms with Crippen LogP contribution in [0.2, 0.25) is 0 Å². The highest BCUT2D eigenvalue weighted by atomic mass is 16.3. The van der Waals surface area contributed by atoms with Crippen LogP contribution in [0.1, 0.15) is 38.8 Å². The van der Waals surface area contributed by atoms with Crippen molar-refractivity contribution in [3.63, 3.8) is 0 Å². The van der Waals surface area contributed by atoms with Gasteiger partial charge in [-0.05, 0) is 129 Å². The minimum absolute atomic E-state index is 0.180. The lowest BCUT2D eigenvalue weighted by Gasteiger charge is -2.23. The quantitative estimate of drug-likeness (QED) is 0.163. The van der Waals surface area contributed by atoms with Gasteiger partial charge in [-0.25, -0.2) is 0 Å². The van der Waals surface area contributed by atoms with E-state index in [1.807, 2.05) is 26.0 Å². The number of furan rings is 1. The van der Waals surface area contributed by atoms with Crippen LogP contribution in [-0.2, 0) is 5.41 Å². The Balaban J connectivity index is 0.00000201. The molecule has 0 radical (unpaired) electrons. The number of para-hydroxylation sites is 1. The summed E-state index contributed by atoms with van der Waals surface area (Å²) in [5, 5.41) is 9.93. The number of hydrogen-bond donors (Lipinski definition) is 0. The van der Waals surface area contributed by atoms with Gasteiger partial charge in [0.05, 0.1) is 0 Å². The number of rotatable bonds is 4. The van der Waals surface area contributed by atoms with E-state index in [0.717, 1.165) is 21.9 Å². The number of hydrogen-bond acceptors (Lipinski definition) is 1. The molecule has 0 amide bonds. The zero-order valence-corrected chi connectivity index (χ0v) is 34.4. The lowest BCUT2D eigenvalue weighted by molar-refractivity contribution is 0.661. The van der Waals surface area contributed by atoms with E-state index in [1.165, 1.54) is 99.1 Å². The van der Waals surface area contributed by atoms with Crippen LogP contribution in [0.15, 0.2) is 199 Å². The fourth-order valence-corrected chi connectivity index (χ4v) is 10.0. The van der Waals surface area contributed by atoms with Crippen LogP contribution in [0.25, 0.3) is 110 Å². The van der Waals surface area contributed by atoms with Crippen LogP contribution in [0.3, 0.4) is 0 Å². The molecule has 1 aliphatic rings. The van der Waals surface area contributed by atoms with Crippen molar-refractivity contribution in [2.75, 3.05) is 0 Å². The summed E-state index contributed by atoms with van der Waals surface area (Å²) in [6.07, 6.45) is 0. The lowest BCUT2D eigenvalue weighted by Crippen LogP contribution is -2.15. The summed E-state index contributed by atoms with van der Waals surface area (Å²) in [6, 6.07) is 71.5. The first-order valence-electron chi connectivity index (χ1n) is 21.2. The van der Waals surface area contributed by atoms with E-state index in [9.17, 15) is 0 Å². The molecule has 0 fully saturated rings. The normalized spacial score (nSPS) is 12.8. The molecule has 0 saturated heterocycles. The van der Waals surface area contributed by atoms with Gasteiger partial charge in [0, 0.05) is 16.2 Å². The van der Waals surface area contributed by atoms with Crippen molar-refractivity contribution in [3.8, 4) is 55.6 Å². The summed E-state index contributed by atoms with van der Waals surface area (Å²) in [7, 11) is 0. The highest BCUT2D eigenvalue weighted by Gasteiger charge is 2.36. The molecular formula is C59H44O. The average molecular weight is 769 g/mol. The Morgan fingerprint density at radius 1 is 0.317 bits per heavy atom. The third-order valence-electron chi connectivity index (χ3n) is 12.9. The van der Waals surface area contributed by atoms with E-state index < -0.39 is 0 Å². The van der Waals surface area contributed by atoms with Crippen molar-refractivity contribution >= 4 is 54.3 Å². The molecule has 1 aromatic heterocycles. The average Bonchev–Trinajstić information content (AvgIpc) is 3.79. The topological polar surface area (TPSA) is 13.1 Å². The summed E-state index contributed by atoms with van der Waals surface area (Å²) >= 11 is 0. The highest BCUT2D eigenvalue weighted by molar-refractivity contribution is 6.21. The van der Waals surface area contributed by atoms with Crippen molar-refractivity contribution in [2.24, 2.45) is 0 Å². The van der Waals surface area contributed by atoms with Crippen LogP contribution in [0, 0.1) is 0 Å². The van der Waals surface area contributed by atoms with Gasteiger partial charge in [0.1, 0.15) is 11.2 Å². The smallest absolute Gasteiger partial charge is 0.135 e. The minimum Gasteiger partial charge on any atom is -0.456 e. The minimum atomic E-state index is -0.180. The molecule has 1 heterocycles. The van der Waals surface area contributed by atoms with Crippen molar-refractivity contribution < 1.29 is 4.42 Å². The number of fused-ring (bicyclic) bond motifs is 9. The van der Waals surface area contributed by atoms with E-state index >= 15 is 0 Å². The molecule has 0 saturated carbocycles. The Kier molecular flexibility index (Phi) is 8.36. The molecule has 0 bridgehead atoms. The van der Waals surface area contributed by atoms with Crippen LogP contribution < -0.4 is 0 Å². The molecule has 0 atom stereocenters. The first-order valence-corrected chi connectivity index (χ1v) is 21.2. The third kappa shape index (κ3) is 5.46. The predicted octanol–water partition coefficient (Wildman–Crippen LogP) is 17.0. The summed E-state index contributed by atoms with van der Waals surface area (Å²) < 4.78 is 6.15. The Hall–Kier alpha value is -7.22. The van der Waals surface area contributed by atoms with Gasteiger partial charge in [-0.1, -0.05) is 191 Å². The second kappa shape index (κ2) is 14.0. The maximum absolute atomic E-state index is 6.15. The van der Waals surface area contributed by atoms with E-state index in [2.05, 4.69) is 196 Å². The van der Waals surface area contributed by atoms with E-state index in [0.29, 0.717) is 0 Å². The Morgan fingerprint density at radius 2 is 0.767 bits per heavy atom. The summed E-state index contributed by atoms with van der Waals surface area (Å²) in [4.78, 5) is 0. The maximum Gasteiger partial charge on any atom is 0.135 e. The highest BCUT2D eigenvalue weighted by Crippen LogP contribution is 2.52. The molecule has 60 heavy (non-hydrogen) atoms. The zero-order valence-electron chi connectivity index (χ0n) is 34.4. The van der Waals surface area contributed by atoms with Gasteiger partial charge in [-0.15, -0.1) is 0 Å². The predicted molar refractivity (Wildman–Crippen MR) is 257 cm³/mol. The molecule has 1 nitrogen and oxygen atoms in total. The van der Waals surface area contributed by atoms with Gasteiger partial charge >= 0.3 is 0 Å². The van der Waals surface area contributed by atoms with Crippen molar-refractivity contribution in [1.29, 1.82) is 0 Å². The molecule has 1 aliphatic carbocycles. The molecule has 0 unspecified atom stereocenters. The fraction of sp³-hybridized carbons (Fsp3) is 0.0847. The molecule has 11 aromatic rings. The Bertz CT molecular complexity index is 3410. The number of benzene rings is 10. The van der Waals surface area contributed by atoms with Crippen molar-refractivity contribution in [3.05, 3.63) is 205 Å². The van der Waals surface area contributed by atoms with Crippen LogP contribution in [0.4, 0.5) is 0 Å². The second-order valence-corrected chi connectivity index (χ2v) is 16.4. The van der Waals surface area contributed by atoms with Gasteiger partial charge in [-0.2, -0.15) is 0 Å². The molecular weight excluding hydrogens is 725 g/mol. The largest absolute Gasteiger partial charge is 0.456 e. The van der Waals surface area contributed by atoms with Crippen LogP contribution >= 0.6 is 0 Å². The van der Waals surface area contributed by atoms with E-state index in [1.54, 1.807) is 0 Å². The second-order valence-electron chi connectivity index (χ2n) is 16.4. The molecule has 12 rings (SSSR count). The third-order valence-corrected chi connectivity index (χ3v) is 12.9. The lowest BCUT2D eigenvalue weighted by atomic mass is 9.80. The molecule has 0 aliphatic heterocycles. The SMILES string of the molecule is CC.CC1(C)c2cc(-c3ccc4oc5ccccc5c4c3)ccc2-c2ccc(-c3c4ccccc4c(-c4ccc(-c5cccc6ccccc56)cc4)c4ccccc34)cc21. The fourth-order valence-electron chi connectivity index (χ4n) is 10.0. The van der Waals surface area contributed by atoms with Gasteiger partial charge in [0.25, 0.3) is 0 Å². The zero-order chi connectivity index (χ0) is 40.5. The molecule has 10 aromatic carbocycles. The van der Waals surface area contributed by atoms with Gasteiger partial charge < -0.3 is 4.42 Å². The summed E-state index contributed by atoms with van der Waals surface area (Å²) in [5.74, 6) is 0. The van der Waals surface area contributed by atoms with Crippen LogP contribution in [0.5, 0.6) is 0 Å². The Morgan fingerprint density at radius 3 is 1.43 bits per heavy atom. The van der Waals surface area contributed by atoms with Gasteiger partial charge in [0.2, 0.25) is 0 Å². The van der Waals surface area contributed by atoms with Crippen molar-refractivity contribution in [1.82, 2.24) is 0 Å². The summed E-state index contributed by atoms with van der Waals surface area (Å²) in [5.41, 5.74) is 17.0. The van der Waals surface area contributed by atoms with Crippen LogP contribution in [-0.4, -0.2) is 0 Å². The standard InChI is InChI=1S/C57H38O.C2H6/c1-57(2)51-33-39(38-28-31-54-50(32-38)45-15-9-10-21-53(45)58-54)26-29-43(51)44-30-27-40(34-52(44)57)56-48-18-7-5-16-46(48)55(47-17-6-8-19-49(47)56)37-24-22-36(23-25-37)42-20-11-13-35-12-3-4-14-41(35)42;1-2/h3-34H,1-2H3;1-2H3. The van der Waals surface area contributed by atoms with E-state index in [4.69, 9.17) is 4.42 Å². The monoisotopic (exact) mass is 768 g/mol. The first-order chi connectivity index (χ1) is 29.5. The van der Waals surface area contributed by atoms with Crippen molar-refractivity contribution in [2.45, 2.75) is 33.1 Å². The molecule has 286 valence electrons. The first kappa shape index (κ1) is 35.9. The van der Waals surface area contributed by atoms with Gasteiger partial charge in [-0.3, -0.25) is 0 Å². The molecule has 1 heteroatoms.